The minimum absolute atomic E-state index is 0.0384. The first-order chi connectivity index (χ1) is 14.7. The Balaban J connectivity index is 1.73. The Kier molecular flexibility index (Phi) is 6.20. The third-order valence-corrected chi connectivity index (χ3v) is 4.75. The molecule has 1 saturated heterocycles. The maximum absolute atomic E-state index is 6.20. The standard InChI is InChI=1S/C21H26N4O5/c1-13-8-20(25-24-13)22-19-10-14-9-17(27-3)18(29-7-6-26-2)11-16(14)21(23-19)30-15-4-5-28-12-15/h8-11,15H,4-7,12H2,1-3H3,(H2,22,23,24,25). The second-order valence-electron chi connectivity index (χ2n) is 7.04. The minimum Gasteiger partial charge on any atom is -0.493 e. The number of aryl methyl sites for hydroxylation is 1. The topological polar surface area (TPSA) is 99.8 Å². The van der Waals surface area contributed by atoms with Crippen LogP contribution in [0, 0.1) is 6.92 Å². The first-order valence-corrected chi connectivity index (χ1v) is 9.84. The van der Waals surface area contributed by atoms with Crippen LogP contribution < -0.4 is 19.5 Å². The Hall–Kier alpha value is -3.04. The van der Waals surface area contributed by atoms with Gasteiger partial charge in [0.25, 0.3) is 0 Å². The number of rotatable bonds is 9. The lowest BCUT2D eigenvalue weighted by molar-refractivity contribution is 0.139. The molecule has 1 aliphatic rings. The molecule has 2 aromatic heterocycles. The summed E-state index contributed by atoms with van der Waals surface area (Å²) in [6.45, 7) is 4.07. The maximum atomic E-state index is 6.20. The van der Waals surface area contributed by atoms with E-state index in [1.807, 2.05) is 31.2 Å². The first kappa shape index (κ1) is 20.2. The van der Waals surface area contributed by atoms with Gasteiger partial charge in [-0.25, -0.2) is 0 Å². The number of aromatic amines is 1. The quantitative estimate of drug-likeness (QED) is 0.515. The van der Waals surface area contributed by atoms with E-state index in [9.17, 15) is 0 Å². The number of fused-ring (bicyclic) bond motifs is 1. The fraction of sp³-hybridized carbons (Fsp3) is 0.429. The van der Waals surface area contributed by atoms with Crippen molar-refractivity contribution in [3.8, 4) is 17.4 Å². The van der Waals surface area contributed by atoms with Gasteiger partial charge in [-0.2, -0.15) is 10.1 Å². The molecule has 9 heteroatoms. The molecule has 1 atom stereocenters. The van der Waals surface area contributed by atoms with Crippen molar-refractivity contribution in [1.82, 2.24) is 15.2 Å². The number of nitrogens with zero attached hydrogens (tertiary/aromatic N) is 2. The van der Waals surface area contributed by atoms with Crippen LogP contribution in [0.2, 0.25) is 0 Å². The number of anilines is 2. The van der Waals surface area contributed by atoms with Gasteiger partial charge in [0, 0.05) is 30.7 Å². The van der Waals surface area contributed by atoms with Crippen molar-refractivity contribution in [2.75, 3.05) is 46.0 Å². The normalized spacial score (nSPS) is 16.0. The van der Waals surface area contributed by atoms with E-state index in [0.29, 0.717) is 55.4 Å². The van der Waals surface area contributed by atoms with Crippen molar-refractivity contribution in [2.24, 2.45) is 0 Å². The molecule has 1 aliphatic heterocycles. The molecule has 0 radical (unpaired) electrons. The summed E-state index contributed by atoms with van der Waals surface area (Å²) in [5.74, 6) is 3.05. The molecule has 0 spiro atoms. The van der Waals surface area contributed by atoms with E-state index in [1.165, 1.54) is 0 Å². The summed E-state index contributed by atoms with van der Waals surface area (Å²) >= 11 is 0. The fourth-order valence-electron chi connectivity index (χ4n) is 3.27. The van der Waals surface area contributed by atoms with Gasteiger partial charge >= 0.3 is 0 Å². The van der Waals surface area contributed by atoms with E-state index in [-0.39, 0.29) is 6.10 Å². The molecule has 0 amide bonds. The molecule has 4 rings (SSSR count). The van der Waals surface area contributed by atoms with Crippen molar-refractivity contribution in [3.05, 3.63) is 30.0 Å². The van der Waals surface area contributed by atoms with Crippen LogP contribution in [0.25, 0.3) is 10.8 Å². The van der Waals surface area contributed by atoms with Gasteiger partial charge in [-0.3, -0.25) is 5.10 Å². The van der Waals surface area contributed by atoms with E-state index >= 15 is 0 Å². The molecule has 0 saturated carbocycles. The number of methoxy groups -OCH3 is 2. The van der Waals surface area contributed by atoms with Gasteiger partial charge in [0.15, 0.2) is 17.3 Å². The Labute approximate surface area is 174 Å². The fourth-order valence-corrected chi connectivity index (χ4v) is 3.27. The predicted molar refractivity (Wildman–Crippen MR) is 112 cm³/mol. The highest BCUT2D eigenvalue weighted by molar-refractivity contribution is 5.92. The number of H-pyrrole nitrogens is 1. The molecular formula is C21H26N4O5. The van der Waals surface area contributed by atoms with Gasteiger partial charge in [0.2, 0.25) is 5.88 Å². The van der Waals surface area contributed by atoms with E-state index in [2.05, 4.69) is 15.5 Å². The SMILES string of the molecule is COCCOc1cc2c(OC3CCOC3)nc(Nc3cc(C)[nH]n3)cc2cc1OC. The summed E-state index contributed by atoms with van der Waals surface area (Å²) in [6, 6.07) is 7.64. The second kappa shape index (κ2) is 9.19. The van der Waals surface area contributed by atoms with E-state index in [0.717, 1.165) is 22.9 Å². The highest BCUT2D eigenvalue weighted by Crippen LogP contribution is 2.38. The van der Waals surface area contributed by atoms with Crippen LogP contribution >= 0.6 is 0 Å². The third-order valence-electron chi connectivity index (χ3n) is 4.75. The van der Waals surface area contributed by atoms with Crippen molar-refractivity contribution in [1.29, 1.82) is 0 Å². The minimum atomic E-state index is -0.0384. The zero-order valence-corrected chi connectivity index (χ0v) is 17.4. The number of hydrogen-bond acceptors (Lipinski definition) is 8. The lowest BCUT2D eigenvalue weighted by Gasteiger charge is -2.17. The van der Waals surface area contributed by atoms with Crippen LogP contribution in [0.5, 0.6) is 17.4 Å². The Morgan fingerprint density at radius 1 is 1.13 bits per heavy atom. The summed E-state index contributed by atoms with van der Waals surface area (Å²) in [5, 5.41) is 12.1. The second-order valence-corrected chi connectivity index (χ2v) is 7.04. The van der Waals surface area contributed by atoms with Crippen LogP contribution in [-0.2, 0) is 9.47 Å². The van der Waals surface area contributed by atoms with Crippen LogP contribution in [-0.4, -0.2) is 61.9 Å². The summed E-state index contributed by atoms with van der Waals surface area (Å²) in [6.07, 6.45) is 0.788. The summed E-state index contributed by atoms with van der Waals surface area (Å²) in [5.41, 5.74) is 0.956. The molecule has 1 aromatic carbocycles. The maximum Gasteiger partial charge on any atom is 0.223 e. The number of hydrogen-bond donors (Lipinski definition) is 2. The number of benzene rings is 1. The highest BCUT2D eigenvalue weighted by atomic mass is 16.6. The summed E-state index contributed by atoms with van der Waals surface area (Å²) < 4.78 is 28.1. The lowest BCUT2D eigenvalue weighted by Crippen LogP contribution is -2.17. The van der Waals surface area contributed by atoms with Crippen LogP contribution in [0.1, 0.15) is 12.1 Å². The first-order valence-electron chi connectivity index (χ1n) is 9.84. The van der Waals surface area contributed by atoms with Crippen molar-refractivity contribution < 1.29 is 23.7 Å². The zero-order chi connectivity index (χ0) is 20.9. The van der Waals surface area contributed by atoms with E-state index in [4.69, 9.17) is 28.7 Å². The Morgan fingerprint density at radius 3 is 2.73 bits per heavy atom. The predicted octanol–water partition coefficient (Wildman–Crippen LogP) is 3.21. The molecule has 0 bridgehead atoms. The largest absolute Gasteiger partial charge is 0.493 e. The Morgan fingerprint density at radius 2 is 2.03 bits per heavy atom. The number of aromatic nitrogens is 3. The third kappa shape index (κ3) is 4.58. The number of nitrogens with one attached hydrogen (secondary N) is 2. The van der Waals surface area contributed by atoms with Crippen molar-refractivity contribution in [3.63, 3.8) is 0 Å². The number of ether oxygens (including phenoxy) is 5. The van der Waals surface area contributed by atoms with Gasteiger partial charge in [-0.1, -0.05) is 0 Å². The summed E-state index contributed by atoms with van der Waals surface area (Å²) in [7, 11) is 3.25. The van der Waals surface area contributed by atoms with Gasteiger partial charge in [0.05, 0.1) is 26.9 Å². The zero-order valence-electron chi connectivity index (χ0n) is 17.4. The molecule has 0 aliphatic carbocycles. The molecule has 160 valence electrons. The van der Waals surface area contributed by atoms with Gasteiger partial charge in [0.1, 0.15) is 18.5 Å². The van der Waals surface area contributed by atoms with Crippen molar-refractivity contribution in [2.45, 2.75) is 19.4 Å². The summed E-state index contributed by atoms with van der Waals surface area (Å²) in [4.78, 5) is 4.70. The molecule has 3 heterocycles. The Bertz CT molecular complexity index is 1000. The highest BCUT2D eigenvalue weighted by Gasteiger charge is 2.21. The van der Waals surface area contributed by atoms with Gasteiger partial charge in [-0.05, 0) is 30.5 Å². The van der Waals surface area contributed by atoms with Crippen LogP contribution in [0.15, 0.2) is 24.3 Å². The molecular weight excluding hydrogens is 388 g/mol. The van der Waals surface area contributed by atoms with Gasteiger partial charge < -0.3 is 29.0 Å². The molecule has 30 heavy (non-hydrogen) atoms. The molecule has 1 unspecified atom stereocenters. The molecule has 3 aromatic rings. The lowest BCUT2D eigenvalue weighted by atomic mass is 10.1. The van der Waals surface area contributed by atoms with Crippen molar-refractivity contribution >= 4 is 22.4 Å². The molecule has 2 N–H and O–H groups in total. The smallest absolute Gasteiger partial charge is 0.223 e. The monoisotopic (exact) mass is 414 g/mol. The molecule has 1 fully saturated rings. The van der Waals surface area contributed by atoms with E-state index < -0.39 is 0 Å². The van der Waals surface area contributed by atoms with E-state index in [1.54, 1.807) is 14.2 Å². The van der Waals surface area contributed by atoms with Crippen LogP contribution in [0.3, 0.4) is 0 Å². The average molecular weight is 414 g/mol. The van der Waals surface area contributed by atoms with Crippen LogP contribution in [0.4, 0.5) is 11.6 Å². The molecule has 9 nitrogen and oxygen atoms in total. The number of pyridine rings is 1. The van der Waals surface area contributed by atoms with Gasteiger partial charge in [-0.15, -0.1) is 0 Å². The average Bonchev–Trinajstić information content (AvgIpc) is 3.39.